The molecule has 1 saturated carbocycles. The molecule has 0 radical (unpaired) electrons. The third kappa shape index (κ3) is 5.73. The summed E-state index contributed by atoms with van der Waals surface area (Å²) < 4.78 is 4.82. The topological polar surface area (TPSA) is 92.7 Å². The monoisotopic (exact) mass is 299 g/mol. The first-order valence-corrected chi connectivity index (χ1v) is 7.64. The molecule has 1 amide bonds. The summed E-state index contributed by atoms with van der Waals surface area (Å²) in [7, 11) is 0. The van der Waals surface area contributed by atoms with Crippen molar-refractivity contribution in [1.29, 1.82) is 0 Å². The highest BCUT2D eigenvalue weighted by Gasteiger charge is 2.31. The molecular weight excluding hydrogens is 274 g/mol. The summed E-state index contributed by atoms with van der Waals surface area (Å²) >= 11 is 0. The Bertz CT molecular complexity index is 376. The molecule has 1 fully saturated rings. The molecule has 0 heterocycles. The quantitative estimate of drug-likeness (QED) is 0.698. The van der Waals surface area contributed by atoms with Crippen LogP contribution >= 0.6 is 0 Å². The van der Waals surface area contributed by atoms with E-state index in [1.807, 2.05) is 0 Å². The first-order valence-electron chi connectivity index (χ1n) is 7.64. The molecular formula is C15H25NO5. The van der Waals surface area contributed by atoms with Crippen LogP contribution in [-0.2, 0) is 19.1 Å². The van der Waals surface area contributed by atoms with Crippen LogP contribution in [0.25, 0.3) is 0 Å². The van der Waals surface area contributed by atoms with Crippen LogP contribution in [0.1, 0.15) is 52.4 Å². The fourth-order valence-corrected chi connectivity index (χ4v) is 2.68. The molecule has 1 aliphatic carbocycles. The Morgan fingerprint density at radius 3 is 2.38 bits per heavy atom. The van der Waals surface area contributed by atoms with Crippen molar-refractivity contribution in [3.63, 3.8) is 0 Å². The van der Waals surface area contributed by atoms with Crippen LogP contribution in [0.5, 0.6) is 0 Å². The Labute approximate surface area is 125 Å². The van der Waals surface area contributed by atoms with Gasteiger partial charge < -0.3 is 15.2 Å². The Morgan fingerprint density at radius 2 is 1.86 bits per heavy atom. The molecule has 21 heavy (non-hydrogen) atoms. The number of nitrogens with one attached hydrogen (secondary N) is 1. The van der Waals surface area contributed by atoms with E-state index in [0.717, 1.165) is 32.1 Å². The van der Waals surface area contributed by atoms with Gasteiger partial charge in [0.15, 0.2) is 0 Å². The first kappa shape index (κ1) is 17.5. The summed E-state index contributed by atoms with van der Waals surface area (Å²) in [6, 6.07) is -1.05. The highest BCUT2D eigenvalue weighted by Crippen LogP contribution is 2.24. The number of carbonyl (C=O) groups is 3. The number of ether oxygens (including phenoxy) is 1. The zero-order chi connectivity index (χ0) is 15.8. The van der Waals surface area contributed by atoms with Gasteiger partial charge in [-0.15, -0.1) is 0 Å². The largest absolute Gasteiger partial charge is 0.480 e. The molecule has 0 bridgehead atoms. The number of rotatable bonds is 7. The zero-order valence-electron chi connectivity index (χ0n) is 12.8. The van der Waals surface area contributed by atoms with Crippen LogP contribution in [0.15, 0.2) is 0 Å². The molecule has 1 aliphatic rings. The first-order chi connectivity index (χ1) is 9.95. The van der Waals surface area contributed by atoms with Gasteiger partial charge >= 0.3 is 11.9 Å². The van der Waals surface area contributed by atoms with Crippen molar-refractivity contribution in [2.24, 2.45) is 11.8 Å². The van der Waals surface area contributed by atoms with E-state index in [0.29, 0.717) is 0 Å². The lowest BCUT2D eigenvalue weighted by Crippen LogP contribution is -2.48. The number of hydrogen-bond donors (Lipinski definition) is 2. The lowest BCUT2D eigenvalue weighted by atomic mass is 9.88. The van der Waals surface area contributed by atoms with Gasteiger partial charge in [0.25, 0.3) is 0 Å². The average molecular weight is 299 g/mol. The number of hydrogen-bond acceptors (Lipinski definition) is 4. The highest BCUT2D eigenvalue weighted by atomic mass is 16.5. The summed E-state index contributed by atoms with van der Waals surface area (Å²) in [5, 5.41) is 11.9. The van der Waals surface area contributed by atoms with E-state index in [2.05, 4.69) is 5.32 Å². The SMILES string of the molecule is CCOC(=O)C[C@@H](C)[C@@H](NC(=O)C1CCCCC1)C(=O)O. The summed E-state index contributed by atoms with van der Waals surface area (Å²) in [5.41, 5.74) is 0. The van der Waals surface area contributed by atoms with E-state index >= 15 is 0 Å². The minimum atomic E-state index is -1.11. The smallest absolute Gasteiger partial charge is 0.326 e. The van der Waals surface area contributed by atoms with Gasteiger partial charge in [-0.2, -0.15) is 0 Å². The average Bonchev–Trinajstić information content (AvgIpc) is 2.45. The predicted octanol–water partition coefficient (Wildman–Crippen LogP) is 1.73. The molecule has 0 spiro atoms. The normalized spacial score (nSPS) is 18.6. The van der Waals surface area contributed by atoms with Crippen LogP contribution in [0, 0.1) is 11.8 Å². The number of carboxylic acid groups (broad SMARTS) is 1. The molecule has 1 rings (SSSR count). The standard InChI is InChI=1S/C15H25NO5/c1-3-21-12(17)9-10(2)13(15(19)20)16-14(18)11-7-5-4-6-8-11/h10-11,13H,3-9H2,1-2H3,(H,16,18)(H,19,20)/t10-,13-/m1/s1. The van der Waals surface area contributed by atoms with Gasteiger partial charge in [-0.3, -0.25) is 9.59 Å². The van der Waals surface area contributed by atoms with E-state index in [-0.39, 0.29) is 24.9 Å². The minimum Gasteiger partial charge on any atom is -0.480 e. The van der Waals surface area contributed by atoms with Crippen molar-refractivity contribution < 1.29 is 24.2 Å². The molecule has 0 unspecified atom stereocenters. The van der Waals surface area contributed by atoms with Crippen molar-refractivity contribution >= 4 is 17.8 Å². The number of esters is 1. The van der Waals surface area contributed by atoms with Crippen LogP contribution in [0.2, 0.25) is 0 Å². The van der Waals surface area contributed by atoms with Crippen LogP contribution in [-0.4, -0.2) is 35.6 Å². The Kier molecular flexibility index (Phi) is 7.19. The summed E-state index contributed by atoms with van der Waals surface area (Å²) in [5.74, 6) is -2.37. The maximum Gasteiger partial charge on any atom is 0.326 e. The fourth-order valence-electron chi connectivity index (χ4n) is 2.68. The molecule has 0 aliphatic heterocycles. The minimum absolute atomic E-state index is 0.0181. The van der Waals surface area contributed by atoms with Gasteiger partial charge in [0.1, 0.15) is 6.04 Å². The molecule has 0 aromatic heterocycles. The van der Waals surface area contributed by atoms with E-state index < -0.39 is 23.9 Å². The van der Waals surface area contributed by atoms with E-state index in [1.54, 1.807) is 13.8 Å². The van der Waals surface area contributed by atoms with Crippen molar-refractivity contribution in [1.82, 2.24) is 5.32 Å². The van der Waals surface area contributed by atoms with Gasteiger partial charge in [-0.1, -0.05) is 26.2 Å². The van der Waals surface area contributed by atoms with E-state index in [9.17, 15) is 19.5 Å². The molecule has 0 aromatic carbocycles. The van der Waals surface area contributed by atoms with E-state index in [4.69, 9.17) is 4.74 Å². The van der Waals surface area contributed by atoms with Gasteiger partial charge in [-0.25, -0.2) is 4.79 Å². The van der Waals surface area contributed by atoms with Gasteiger partial charge in [0.2, 0.25) is 5.91 Å². The summed E-state index contributed by atoms with van der Waals surface area (Å²) in [6.45, 7) is 3.59. The summed E-state index contributed by atoms with van der Waals surface area (Å²) in [4.78, 5) is 34.9. The van der Waals surface area contributed by atoms with E-state index in [1.165, 1.54) is 0 Å². The van der Waals surface area contributed by atoms with Gasteiger partial charge in [0.05, 0.1) is 13.0 Å². The van der Waals surface area contributed by atoms with Crippen LogP contribution < -0.4 is 5.32 Å². The predicted molar refractivity (Wildman–Crippen MR) is 76.6 cm³/mol. The van der Waals surface area contributed by atoms with Crippen molar-refractivity contribution in [3.05, 3.63) is 0 Å². The maximum atomic E-state index is 12.1. The van der Waals surface area contributed by atoms with Crippen LogP contribution in [0.4, 0.5) is 0 Å². The van der Waals surface area contributed by atoms with Crippen molar-refractivity contribution in [2.75, 3.05) is 6.61 Å². The van der Waals surface area contributed by atoms with Crippen molar-refractivity contribution in [2.45, 2.75) is 58.4 Å². The maximum absolute atomic E-state index is 12.1. The molecule has 6 nitrogen and oxygen atoms in total. The lowest BCUT2D eigenvalue weighted by molar-refractivity contribution is -0.147. The molecule has 0 saturated heterocycles. The molecule has 120 valence electrons. The third-order valence-corrected chi connectivity index (χ3v) is 3.90. The Morgan fingerprint density at radius 1 is 1.24 bits per heavy atom. The van der Waals surface area contributed by atoms with Gasteiger partial charge in [-0.05, 0) is 25.7 Å². The van der Waals surface area contributed by atoms with Crippen LogP contribution in [0.3, 0.4) is 0 Å². The zero-order valence-corrected chi connectivity index (χ0v) is 12.8. The Balaban J connectivity index is 2.57. The second-order valence-electron chi connectivity index (χ2n) is 5.65. The molecule has 6 heteroatoms. The number of carboxylic acids is 1. The Hall–Kier alpha value is -1.59. The second-order valence-corrected chi connectivity index (χ2v) is 5.65. The van der Waals surface area contributed by atoms with Crippen molar-refractivity contribution in [3.8, 4) is 0 Å². The van der Waals surface area contributed by atoms with Gasteiger partial charge in [0, 0.05) is 5.92 Å². The number of aliphatic carboxylic acids is 1. The molecule has 2 atom stereocenters. The third-order valence-electron chi connectivity index (χ3n) is 3.90. The number of amides is 1. The summed E-state index contributed by atoms with van der Waals surface area (Å²) in [6.07, 6.45) is 4.75. The number of carbonyl (C=O) groups excluding carboxylic acids is 2. The fraction of sp³-hybridized carbons (Fsp3) is 0.800. The molecule has 2 N–H and O–H groups in total. The second kappa shape index (κ2) is 8.64. The molecule has 0 aromatic rings. The highest BCUT2D eigenvalue weighted by molar-refractivity contribution is 5.85. The lowest BCUT2D eigenvalue weighted by Gasteiger charge is -2.25.